The molecule has 0 fully saturated rings. The molecule has 7 heteroatoms. The molecule has 0 aliphatic carbocycles. The summed E-state index contributed by atoms with van der Waals surface area (Å²) in [5.74, 6) is -0.955. The number of carboxylic acids is 1. The third kappa shape index (κ3) is 4.42. The molecule has 0 unspecified atom stereocenters. The van der Waals surface area contributed by atoms with E-state index in [9.17, 15) is 20.0 Å². The van der Waals surface area contributed by atoms with E-state index >= 15 is 0 Å². The van der Waals surface area contributed by atoms with Crippen LogP contribution in [0.5, 0.6) is 0 Å². The predicted octanol–water partition coefficient (Wildman–Crippen LogP) is 2.40. The Morgan fingerprint density at radius 3 is 2.62 bits per heavy atom. The molecule has 0 aliphatic rings. The van der Waals surface area contributed by atoms with Gasteiger partial charge < -0.3 is 14.7 Å². The molecule has 1 aromatic rings. The Morgan fingerprint density at radius 2 is 2.14 bits per heavy atom. The molecule has 0 aliphatic heterocycles. The van der Waals surface area contributed by atoms with Gasteiger partial charge in [-0.25, -0.2) is 4.79 Å². The number of benzene rings is 1. The minimum Gasteiger partial charge on any atom is -0.478 e. The van der Waals surface area contributed by atoms with E-state index in [2.05, 4.69) is 0 Å². The van der Waals surface area contributed by atoms with Crippen LogP contribution in [0.2, 0.25) is 0 Å². The summed E-state index contributed by atoms with van der Waals surface area (Å²) in [7, 11) is 1.53. The number of nitro groups is 1. The van der Waals surface area contributed by atoms with E-state index in [4.69, 9.17) is 4.74 Å². The van der Waals surface area contributed by atoms with E-state index in [1.54, 1.807) is 4.90 Å². The van der Waals surface area contributed by atoms with Crippen molar-refractivity contribution >= 4 is 17.3 Å². The zero-order valence-electron chi connectivity index (χ0n) is 12.4. The highest BCUT2D eigenvalue weighted by molar-refractivity contribution is 5.97. The monoisotopic (exact) mass is 296 g/mol. The van der Waals surface area contributed by atoms with E-state index < -0.39 is 10.9 Å². The molecule has 0 amide bonds. The van der Waals surface area contributed by atoms with Gasteiger partial charge in [0.15, 0.2) is 0 Å². The van der Waals surface area contributed by atoms with Crippen molar-refractivity contribution in [2.45, 2.75) is 13.8 Å². The van der Waals surface area contributed by atoms with Crippen molar-refractivity contribution in [3.05, 3.63) is 33.9 Å². The number of para-hydroxylation sites is 1. The van der Waals surface area contributed by atoms with Crippen molar-refractivity contribution in [3.63, 3.8) is 0 Å². The molecule has 0 saturated carbocycles. The number of ether oxygens (including phenoxy) is 1. The van der Waals surface area contributed by atoms with Gasteiger partial charge in [0.05, 0.1) is 17.1 Å². The smallest absolute Gasteiger partial charge is 0.338 e. The lowest BCUT2D eigenvalue weighted by Gasteiger charge is -2.27. The summed E-state index contributed by atoms with van der Waals surface area (Å²) in [6.07, 6.45) is 0. The fraction of sp³-hybridized carbons (Fsp3) is 0.500. The van der Waals surface area contributed by atoms with Gasteiger partial charge in [0.2, 0.25) is 0 Å². The largest absolute Gasteiger partial charge is 0.478 e. The fourth-order valence-electron chi connectivity index (χ4n) is 2.12. The lowest BCUT2D eigenvalue weighted by atomic mass is 10.1. The van der Waals surface area contributed by atoms with Crippen LogP contribution in [0, 0.1) is 16.0 Å². The Bertz CT molecular complexity index is 484. The van der Waals surface area contributed by atoms with Crippen LogP contribution in [0.1, 0.15) is 24.2 Å². The van der Waals surface area contributed by atoms with Gasteiger partial charge >= 0.3 is 5.97 Å². The van der Waals surface area contributed by atoms with Crippen LogP contribution in [0.3, 0.4) is 0 Å². The zero-order chi connectivity index (χ0) is 16.0. The molecule has 0 heterocycles. The number of carboxylic acid groups (broad SMARTS) is 1. The molecule has 0 atom stereocenters. The number of methoxy groups -OCH3 is 1. The Kier molecular flexibility index (Phi) is 6.10. The maximum atomic E-state index is 11.4. The first-order valence-corrected chi connectivity index (χ1v) is 6.63. The summed E-state index contributed by atoms with van der Waals surface area (Å²) in [6, 6.07) is 4.08. The summed E-state index contributed by atoms with van der Waals surface area (Å²) in [4.78, 5) is 23.7. The number of anilines is 1. The molecular formula is C14H20N2O5. The third-order valence-corrected chi connectivity index (χ3v) is 2.91. The molecule has 1 aromatic carbocycles. The number of nitro benzene ring substituents is 1. The first-order valence-electron chi connectivity index (χ1n) is 6.63. The van der Waals surface area contributed by atoms with Gasteiger partial charge in [-0.15, -0.1) is 0 Å². The maximum Gasteiger partial charge on any atom is 0.338 e. The molecule has 116 valence electrons. The van der Waals surface area contributed by atoms with Gasteiger partial charge in [-0.2, -0.15) is 0 Å². The molecule has 0 aromatic heterocycles. The van der Waals surface area contributed by atoms with Crippen molar-refractivity contribution < 1.29 is 19.6 Å². The average molecular weight is 296 g/mol. The predicted molar refractivity (Wildman–Crippen MR) is 79.0 cm³/mol. The Labute approximate surface area is 123 Å². The summed E-state index contributed by atoms with van der Waals surface area (Å²) >= 11 is 0. The maximum absolute atomic E-state index is 11.4. The minimum atomic E-state index is -1.18. The molecule has 0 radical (unpaired) electrons. The summed E-state index contributed by atoms with van der Waals surface area (Å²) < 4.78 is 5.02. The van der Waals surface area contributed by atoms with Crippen LogP contribution < -0.4 is 4.90 Å². The molecule has 21 heavy (non-hydrogen) atoms. The SMILES string of the molecule is COCCN(CC(C)C)c1c(C(=O)O)cccc1[N+](=O)[O-]. The van der Waals surface area contributed by atoms with Gasteiger partial charge in [-0.3, -0.25) is 10.1 Å². The normalized spacial score (nSPS) is 10.7. The highest BCUT2D eigenvalue weighted by Crippen LogP contribution is 2.32. The van der Waals surface area contributed by atoms with Crippen molar-refractivity contribution in [1.82, 2.24) is 0 Å². The van der Waals surface area contributed by atoms with Crippen LogP contribution in [0.25, 0.3) is 0 Å². The Hall–Kier alpha value is -2.15. The topological polar surface area (TPSA) is 92.9 Å². The van der Waals surface area contributed by atoms with E-state index in [1.165, 1.54) is 25.3 Å². The van der Waals surface area contributed by atoms with Gasteiger partial charge in [0.1, 0.15) is 5.69 Å². The van der Waals surface area contributed by atoms with E-state index in [0.29, 0.717) is 19.7 Å². The van der Waals surface area contributed by atoms with Crippen LogP contribution in [-0.2, 0) is 4.74 Å². The molecule has 0 bridgehead atoms. The molecule has 7 nitrogen and oxygen atoms in total. The van der Waals surface area contributed by atoms with Gasteiger partial charge in [0.25, 0.3) is 5.69 Å². The Morgan fingerprint density at radius 1 is 1.48 bits per heavy atom. The highest BCUT2D eigenvalue weighted by Gasteiger charge is 2.26. The lowest BCUT2D eigenvalue weighted by molar-refractivity contribution is -0.384. The van der Waals surface area contributed by atoms with Crippen molar-refractivity contribution in [3.8, 4) is 0 Å². The average Bonchev–Trinajstić information content (AvgIpc) is 2.42. The van der Waals surface area contributed by atoms with Gasteiger partial charge in [-0.05, 0) is 12.0 Å². The first-order chi connectivity index (χ1) is 9.88. The molecule has 1 rings (SSSR count). The first kappa shape index (κ1) is 16.9. The summed E-state index contributed by atoms with van der Waals surface area (Å²) in [5.41, 5.74) is -0.131. The Balaban J connectivity index is 3.37. The standard InChI is InChI=1S/C14H20N2O5/c1-10(2)9-15(7-8-21-3)13-11(14(17)18)5-4-6-12(13)16(19)20/h4-6,10H,7-9H2,1-3H3,(H,17,18). The van der Waals surface area contributed by atoms with E-state index in [-0.39, 0.29) is 22.9 Å². The molecule has 0 spiro atoms. The van der Waals surface area contributed by atoms with Crippen molar-refractivity contribution in [2.24, 2.45) is 5.92 Å². The van der Waals surface area contributed by atoms with Crippen LogP contribution in [-0.4, -0.2) is 42.8 Å². The lowest BCUT2D eigenvalue weighted by Crippen LogP contribution is -2.32. The third-order valence-electron chi connectivity index (χ3n) is 2.91. The molecule has 1 N–H and O–H groups in total. The summed E-state index contributed by atoms with van der Waals surface area (Å²) in [5, 5.41) is 20.5. The van der Waals surface area contributed by atoms with Crippen LogP contribution in [0.4, 0.5) is 11.4 Å². The van der Waals surface area contributed by atoms with Crippen LogP contribution >= 0.6 is 0 Å². The van der Waals surface area contributed by atoms with Crippen molar-refractivity contribution in [1.29, 1.82) is 0 Å². The molecular weight excluding hydrogens is 276 g/mol. The number of hydrogen-bond donors (Lipinski definition) is 1. The zero-order valence-corrected chi connectivity index (χ0v) is 12.4. The number of nitrogens with zero attached hydrogens (tertiary/aromatic N) is 2. The number of aromatic carboxylic acids is 1. The quantitative estimate of drug-likeness (QED) is 0.585. The van der Waals surface area contributed by atoms with Gasteiger partial charge in [-0.1, -0.05) is 19.9 Å². The van der Waals surface area contributed by atoms with E-state index in [0.717, 1.165) is 0 Å². The number of carbonyl (C=O) groups is 1. The second-order valence-electron chi connectivity index (χ2n) is 5.07. The minimum absolute atomic E-state index is 0.0686. The van der Waals surface area contributed by atoms with Crippen LogP contribution in [0.15, 0.2) is 18.2 Å². The number of rotatable bonds is 8. The fourth-order valence-corrected chi connectivity index (χ4v) is 2.12. The molecule has 0 saturated heterocycles. The summed E-state index contributed by atoms with van der Waals surface area (Å²) in [6.45, 7) is 5.19. The van der Waals surface area contributed by atoms with Crippen molar-refractivity contribution in [2.75, 3.05) is 31.7 Å². The second-order valence-corrected chi connectivity index (χ2v) is 5.07. The highest BCUT2D eigenvalue weighted by atomic mass is 16.6. The van der Waals surface area contributed by atoms with E-state index in [1.807, 2.05) is 13.8 Å². The van der Waals surface area contributed by atoms with Gasteiger partial charge in [0, 0.05) is 26.3 Å². The number of hydrogen-bond acceptors (Lipinski definition) is 5. The second kappa shape index (κ2) is 7.58.